The Hall–Kier alpha value is -3.45. The third-order valence-electron chi connectivity index (χ3n) is 4.82. The molecule has 162 valence electrons. The Morgan fingerprint density at radius 3 is 2.58 bits per heavy atom. The quantitative estimate of drug-likeness (QED) is 0.583. The fourth-order valence-electron chi connectivity index (χ4n) is 3.26. The van der Waals surface area contributed by atoms with E-state index in [1.165, 1.54) is 0 Å². The lowest BCUT2D eigenvalue weighted by atomic mass is 10.1. The number of carbonyl (C=O) groups is 2. The van der Waals surface area contributed by atoms with Crippen LogP contribution >= 0.6 is 11.6 Å². The van der Waals surface area contributed by atoms with E-state index in [4.69, 9.17) is 27.8 Å². The van der Waals surface area contributed by atoms with Crippen molar-refractivity contribution in [3.05, 3.63) is 77.0 Å². The van der Waals surface area contributed by atoms with E-state index in [2.05, 4.69) is 18.5 Å². The second kappa shape index (κ2) is 9.57. The van der Waals surface area contributed by atoms with Crippen LogP contribution in [0.4, 0.5) is 5.69 Å². The summed E-state index contributed by atoms with van der Waals surface area (Å²) in [5.74, 6) is 0.223. The molecule has 1 aliphatic heterocycles. The smallest absolute Gasteiger partial charge is 0.251 e. The maximum absolute atomic E-state index is 12.8. The van der Waals surface area contributed by atoms with Crippen molar-refractivity contribution < 1.29 is 14.3 Å². The Morgan fingerprint density at radius 1 is 1.16 bits per heavy atom. The summed E-state index contributed by atoms with van der Waals surface area (Å²) >= 11 is 6.20. The molecule has 1 saturated heterocycles. The fraction of sp³-hybridized carbons (Fsp3) is 0.217. The topological polar surface area (TPSA) is 111 Å². The number of ether oxygens (including phenoxy) is 1. The first-order chi connectivity index (χ1) is 14.7. The van der Waals surface area contributed by atoms with Gasteiger partial charge in [-0.3, -0.25) is 9.59 Å². The van der Waals surface area contributed by atoms with Crippen molar-refractivity contribution in [2.75, 3.05) is 18.1 Å². The number of halogens is 1. The molecule has 0 radical (unpaired) electrons. The minimum atomic E-state index is -0.322. The first-order valence-corrected chi connectivity index (χ1v) is 10.2. The van der Waals surface area contributed by atoms with Gasteiger partial charge in [0.25, 0.3) is 5.91 Å². The second-order valence-electron chi connectivity index (χ2n) is 7.32. The molecule has 0 aliphatic carbocycles. The van der Waals surface area contributed by atoms with Gasteiger partial charge < -0.3 is 26.4 Å². The van der Waals surface area contributed by atoms with Crippen LogP contribution in [0.1, 0.15) is 34.3 Å². The van der Waals surface area contributed by atoms with E-state index in [1.807, 2.05) is 0 Å². The Bertz CT molecular complexity index is 1050. The molecule has 2 amide bonds. The van der Waals surface area contributed by atoms with E-state index in [1.54, 1.807) is 41.3 Å². The zero-order valence-electron chi connectivity index (χ0n) is 17.1. The number of rotatable bonds is 8. The maximum Gasteiger partial charge on any atom is 0.251 e. The molecule has 8 heteroatoms. The molecule has 7 nitrogen and oxygen atoms in total. The van der Waals surface area contributed by atoms with Gasteiger partial charge in [-0.25, -0.2) is 0 Å². The van der Waals surface area contributed by atoms with Gasteiger partial charge in [0.2, 0.25) is 5.91 Å². The number of amides is 2. The number of hydrogen-bond acceptors (Lipinski definition) is 5. The van der Waals surface area contributed by atoms with Crippen molar-refractivity contribution in [1.29, 1.82) is 0 Å². The predicted octanol–water partition coefficient (Wildman–Crippen LogP) is 3.18. The minimum absolute atomic E-state index is 0.0264. The molecule has 1 heterocycles. The van der Waals surface area contributed by atoms with Crippen molar-refractivity contribution in [3.8, 4) is 5.75 Å². The molecular weight excluding hydrogens is 416 g/mol. The number of hydrogen-bond donors (Lipinski definition) is 3. The van der Waals surface area contributed by atoms with E-state index in [-0.39, 0.29) is 25.0 Å². The molecule has 0 bridgehead atoms. The van der Waals surface area contributed by atoms with E-state index >= 15 is 0 Å². The third-order valence-corrected chi connectivity index (χ3v) is 5.04. The summed E-state index contributed by atoms with van der Waals surface area (Å²) in [7, 11) is 0. The molecular formula is C23H25ClN4O3. The monoisotopic (exact) mass is 440 g/mol. The Kier molecular flexibility index (Phi) is 6.87. The number of nitrogens with zero attached hydrogens (tertiary/aromatic N) is 1. The molecule has 0 unspecified atom stereocenters. The molecule has 5 N–H and O–H groups in total. The van der Waals surface area contributed by atoms with Gasteiger partial charge in [-0.15, -0.1) is 0 Å². The molecule has 0 aromatic heterocycles. The van der Waals surface area contributed by atoms with Gasteiger partial charge in [0.1, 0.15) is 12.4 Å². The highest BCUT2D eigenvalue weighted by atomic mass is 35.5. The number of nitrogens with one attached hydrogen (secondary N) is 1. The maximum atomic E-state index is 12.8. The van der Waals surface area contributed by atoms with Crippen LogP contribution in [-0.2, 0) is 11.3 Å². The van der Waals surface area contributed by atoms with Crippen LogP contribution in [0.15, 0.2) is 55.3 Å². The second-order valence-corrected chi connectivity index (χ2v) is 7.76. The lowest BCUT2D eigenvalue weighted by Crippen LogP contribution is -2.26. The standard InChI is InChI=1S/C23H25ClN4O3/c1-14(25)13-31-21-10-16(15(2)26)5-6-17(21)12-27-23(30)18-8-19(24)11-20(9-18)28-7-3-4-22(28)29/h5-6,8-11H,1-4,7,12-13,25-26H2,(H,27,30). The summed E-state index contributed by atoms with van der Waals surface area (Å²) in [5.41, 5.74) is 14.6. The number of benzene rings is 2. The van der Waals surface area contributed by atoms with Crippen molar-refractivity contribution >= 4 is 34.8 Å². The van der Waals surface area contributed by atoms with Crippen molar-refractivity contribution in [3.63, 3.8) is 0 Å². The predicted molar refractivity (Wildman–Crippen MR) is 123 cm³/mol. The first-order valence-electron chi connectivity index (χ1n) is 9.77. The zero-order valence-corrected chi connectivity index (χ0v) is 17.9. The Labute approximate surface area is 186 Å². The van der Waals surface area contributed by atoms with Crippen LogP contribution in [0, 0.1) is 0 Å². The summed E-state index contributed by atoms with van der Waals surface area (Å²) in [4.78, 5) is 26.5. The van der Waals surface area contributed by atoms with Gasteiger partial charge in [0, 0.05) is 58.3 Å². The number of carbonyl (C=O) groups excluding carboxylic acids is 2. The van der Waals surface area contributed by atoms with Crippen molar-refractivity contribution in [1.82, 2.24) is 5.32 Å². The summed E-state index contributed by atoms with van der Waals surface area (Å²) in [5, 5.41) is 3.25. The van der Waals surface area contributed by atoms with Crippen molar-refractivity contribution in [2.45, 2.75) is 19.4 Å². The van der Waals surface area contributed by atoms with Crippen LogP contribution < -0.4 is 26.4 Å². The van der Waals surface area contributed by atoms with Crippen LogP contribution in [-0.4, -0.2) is 25.0 Å². The highest BCUT2D eigenvalue weighted by Gasteiger charge is 2.23. The van der Waals surface area contributed by atoms with E-state index < -0.39 is 0 Å². The third kappa shape index (κ3) is 5.58. The minimum Gasteiger partial charge on any atom is -0.487 e. The normalized spacial score (nSPS) is 13.2. The molecule has 3 rings (SSSR count). The number of anilines is 1. The SMILES string of the molecule is C=C(N)COc1cc(C(=C)N)ccc1CNC(=O)c1cc(Cl)cc(N2CCCC2=O)c1. The molecule has 0 spiro atoms. The van der Waals surface area contributed by atoms with Gasteiger partial charge in [0.15, 0.2) is 0 Å². The lowest BCUT2D eigenvalue weighted by molar-refractivity contribution is -0.117. The Balaban J connectivity index is 1.77. The fourth-order valence-corrected chi connectivity index (χ4v) is 3.49. The van der Waals surface area contributed by atoms with E-state index in [0.29, 0.717) is 51.9 Å². The van der Waals surface area contributed by atoms with Gasteiger partial charge in [-0.2, -0.15) is 0 Å². The molecule has 2 aromatic carbocycles. The largest absolute Gasteiger partial charge is 0.487 e. The summed E-state index contributed by atoms with van der Waals surface area (Å²) in [6.07, 6.45) is 1.29. The van der Waals surface area contributed by atoms with Crippen molar-refractivity contribution in [2.24, 2.45) is 11.5 Å². The van der Waals surface area contributed by atoms with Gasteiger partial charge >= 0.3 is 0 Å². The van der Waals surface area contributed by atoms with Gasteiger partial charge in [-0.05, 0) is 30.7 Å². The number of nitrogens with two attached hydrogens (primary N) is 2. The van der Waals surface area contributed by atoms with Gasteiger partial charge in [-0.1, -0.05) is 36.9 Å². The Morgan fingerprint density at radius 2 is 1.94 bits per heavy atom. The molecule has 0 saturated carbocycles. The molecule has 1 fully saturated rings. The molecule has 1 aliphatic rings. The molecule has 31 heavy (non-hydrogen) atoms. The summed E-state index contributed by atoms with van der Waals surface area (Å²) < 4.78 is 5.71. The van der Waals surface area contributed by atoms with E-state index in [0.717, 1.165) is 12.0 Å². The highest BCUT2D eigenvalue weighted by Crippen LogP contribution is 2.27. The lowest BCUT2D eigenvalue weighted by Gasteiger charge is -2.17. The van der Waals surface area contributed by atoms with E-state index in [9.17, 15) is 9.59 Å². The van der Waals surface area contributed by atoms with Gasteiger partial charge in [0.05, 0.1) is 0 Å². The molecule has 2 aromatic rings. The van der Waals surface area contributed by atoms with Crippen LogP contribution in [0.3, 0.4) is 0 Å². The van der Waals surface area contributed by atoms with Crippen LogP contribution in [0.25, 0.3) is 5.70 Å². The average molecular weight is 441 g/mol. The van der Waals surface area contributed by atoms with Crippen LogP contribution in [0.2, 0.25) is 5.02 Å². The average Bonchev–Trinajstić information content (AvgIpc) is 3.16. The summed E-state index contributed by atoms with van der Waals surface area (Å²) in [6.45, 7) is 8.30. The van der Waals surface area contributed by atoms with Crippen LogP contribution in [0.5, 0.6) is 5.75 Å². The summed E-state index contributed by atoms with van der Waals surface area (Å²) in [6, 6.07) is 10.3. The zero-order chi connectivity index (χ0) is 22.5. The highest BCUT2D eigenvalue weighted by molar-refractivity contribution is 6.31. The first kappa shape index (κ1) is 22.2. The molecule has 0 atom stereocenters.